The van der Waals surface area contributed by atoms with Crippen molar-refractivity contribution in [2.24, 2.45) is 0 Å². The van der Waals surface area contributed by atoms with Gasteiger partial charge in [0.1, 0.15) is 11.5 Å². The standard InChI is InChI=1S/C25H30O4/c1-17-15-21(9-11-23(17)28-19(3)26)25(13-7-5-6-8-14-25)22-10-12-24(18(2)16-22)29-20(4)27/h9-12,15-16H,5-8,13-14H2,1-4H3. The first-order chi connectivity index (χ1) is 13.8. The van der Waals surface area contributed by atoms with E-state index in [1.54, 1.807) is 0 Å². The maximum Gasteiger partial charge on any atom is 0.308 e. The monoisotopic (exact) mass is 394 g/mol. The van der Waals surface area contributed by atoms with Crippen molar-refractivity contribution in [2.75, 3.05) is 0 Å². The smallest absolute Gasteiger partial charge is 0.308 e. The Morgan fingerprint density at radius 1 is 0.724 bits per heavy atom. The second kappa shape index (κ2) is 8.81. The van der Waals surface area contributed by atoms with Gasteiger partial charge in [-0.2, -0.15) is 0 Å². The molecule has 1 aliphatic rings. The largest absolute Gasteiger partial charge is 0.426 e. The molecule has 0 N–H and O–H groups in total. The molecule has 0 radical (unpaired) electrons. The van der Waals surface area contributed by atoms with Gasteiger partial charge in [0.25, 0.3) is 0 Å². The summed E-state index contributed by atoms with van der Waals surface area (Å²) in [6, 6.07) is 12.4. The number of aryl methyl sites for hydroxylation is 2. The van der Waals surface area contributed by atoms with Crippen LogP contribution in [-0.2, 0) is 15.0 Å². The van der Waals surface area contributed by atoms with Gasteiger partial charge in [-0.3, -0.25) is 9.59 Å². The third-order valence-electron chi connectivity index (χ3n) is 5.92. The van der Waals surface area contributed by atoms with Crippen LogP contribution in [0.15, 0.2) is 36.4 Å². The number of ether oxygens (including phenoxy) is 2. The van der Waals surface area contributed by atoms with E-state index in [9.17, 15) is 9.59 Å². The van der Waals surface area contributed by atoms with Gasteiger partial charge in [0.05, 0.1) is 0 Å². The van der Waals surface area contributed by atoms with Crippen LogP contribution < -0.4 is 9.47 Å². The lowest BCUT2D eigenvalue weighted by Gasteiger charge is -2.35. The van der Waals surface area contributed by atoms with Crippen LogP contribution >= 0.6 is 0 Å². The predicted molar refractivity (Wildman–Crippen MR) is 113 cm³/mol. The molecule has 0 bridgehead atoms. The summed E-state index contributed by atoms with van der Waals surface area (Å²) in [6.07, 6.45) is 7.00. The Labute approximate surface area is 173 Å². The van der Waals surface area contributed by atoms with Crippen molar-refractivity contribution in [3.63, 3.8) is 0 Å². The fourth-order valence-electron chi connectivity index (χ4n) is 4.51. The topological polar surface area (TPSA) is 52.6 Å². The molecule has 4 nitrogen and oxygen atoms in total. The van der Waals surface area contributed by atoms with Gasteiger partial charge in [-0.1, -0.05) is 49.9 Å². The minimum absolute atomic E-state index is 0.0878. The molecule has 0 unspecified atom stereocenters. The molecule has 0 spiro atoms. The van der Waals surface area contributed by atoms with E-state index in [1.807, 2.05) is 26.0 Å². The first kappa shape index (κ1) is 21.1. The second-order valence-electron chi connectivity index (χ2n) is 8.14. The summed E-state index contributed by atoms with van der Waals surface area (Å²) in [6.45, 7) is 6.82. The maximum absolute atomic E-state index is 11.4. The third-order valence-corrected chi connectivity index (χ3v) is 5.92. The summed E-state index contributed by atoms with van der Waals surface area (Å²) in [7, 11) is 0. The molecule has 4 heteroatoms. The summed E-state index contributed by atoms with van der Waals surface area (Å²) in [5.41, 5.74) is 4.36. The van der Waals surface area contributed by atoms with E-state index in [0.29, 0.717) is 11.5 Å². The lowest BCUT2D eigenvalue weighted by molar-refractivity contribution is -0.132. The van der Waals surface area contributed by atoms with Crippen molar-refractivity contribution in [2.45, 2.75) is 71.6 Å². The van der Waals surface area contributed by atoms with Crippen molar-refractivity contribution in [3.05, 3.63) is 58.7 Å². The first-order valence-corrected chi connectivity index (χ1v) is 10.4. The minimum atomic E-state index is -0.304. The Kier molecular flexibility index (Phi) is 6.41. The number of rotatable bonds is 4. The number of hydrogen-bond donors (Lipinski definition) is 0. The van der Waals surface area contributed by atoms with Crippen LogP contribution in [0.5, 0.6) is 11.5 Å². The van der Waals surface area contributed by atoms with Crippen molar-refractivity contribution in [1.82, 2.24) is 0 Å². The van der Waals surface area contributed by atoms with E-state index in [4.69, 9.17) is 9.47 Å². The maximum atomic E-state index is 11.4. The van der Waals surface area contributed by atoms with Crippen LogP contribution in [0.2, 0.25) is 0 Å². The van der Waals surface area contributed by atoms with E-state index in [1.165, 1.54) is 50.7 Å². The van der Waals surface area contributed by atoms with E-state index in [0.717, 1.165) is 24.0 Å². The van der Waals surface area contributed by atoms with Gasteiger partial charge in [0.15, 0.2) is 0 Å². The summed E-state index contributed by atoms with van der Waals surface area (Å²) >= 11 is 0. The summed E-state index contributed by atoms with van der Waals surface area (Å²) in [4.78, 5) is 22.7. The highest BCUT2D eigenvalue weighted by molar-refractivity contribution is 5.70. The van der Waals surface area contributed by atoms with Crippen molar-refractivity contribution >= 4 is 11.9 Å². The lowest BCUT2D eigenvalue weighted by Crippen LogP contribution is -2.27. The van der Waals surface area contributed by atoms with E-state index < -0.39 is 0 Å². The minimum Gasteiger partial charge on any atom is -0.426 e. The normalized spacial score (nSPS) is 16.0. The molecule has 154 valence electrons. The Morgan fingerprint density at radius 2 is 1.14 bits per heavy atom. The number of benzene rings is 2. The molecule has 1 fully saturated rings. The molecule has 1 saturated carbocycles. The zero-order chi connectivity index (χ0) is 21.0. The fraction of sp³-hybridized carbons (Fsp3) is 0.440. The van der Waals surface area contributed by atoms with Crippen molar-refractivity contribution < 1.29 is 19.1 Å². The Balaban J connectivity index is 2.07. The average molecular weight is 395 g/mol. The molecule has 1 aliphatic carbocycles. The SMILES string of the molecule is CC(=O)Oc1ccc(C2(c3ccc(OC(C)=O)c(C)c3)CCCCCC2)cc1C. The molecule has 0 atom stereocenters. The first-order valence-electron chi connectivity index (χ1n) is 10.4. The van der Waals surface area contributed by atoms with Crippen LogP contribution in [0.1, 0.15) is 74.6 Å². The van der Waals surface area contributed by atoms with Gasteiger partial charge >= 0.3 is 11.9 Å². The summed E-state index contributed by atoms with van der Waals surface area (Å²) in [5.74, 6) is 0.626. The van der Waals surface area contributed by atoms with Crippen LogP contribution in [0.3, 0.4) is 0 Å². The second-order valence-corrected chi connectivity index (χ2v) is 8.14. The number of esters is 2. The van der Waals surface area contributed by atoms with Gasteiger partial charge in [-0.15, -0.1) is 0 Å². The molecule has 0 aromatic heterocycles. The van der Waals surface area contributed by atoms with Gasteiger partial charge in [-0.25, -0.2) is 0 Å². The highest BCUT2D eigenvalue weighted by atomic mass is 16.5. The number of carbonyl (C=O) groups excluding carboxylic acids is 2. The summed E-state index contributed by atoms with van der Waals surface area (Å²) in [5, 5.41) is 0. The molecule has 0 saturated heterocycles. The quantitative estimate of drug-likeness (QED) is 0.374. The molecule has 0 aliphatic heterocycles. The molecular weight excluding hydrogens is 364 g/mol. The molecule has 2 aromatic rings. The predicted octanol–water partition coefficient (Wildman–Crippen LogP) is 5.79. The van der Waals surface area contributed by atoms with Crippen LogP contribution in [0.4, 0.5) is 0 Å². The number of carbonyl (C=O) groups is 2. The van der Waals surface area contributed by atoms with Crippen LogP contribution in [0.25, 0.3) is 0 Å². The number of hydrogen-bond acceptors (Lipinski definition) is 4. The fourth-order valence-corrected chi connectivity index (χ4v) is 4.51. The van der Waals surface area contributed by atoms with Crippen molar-refractivity contribution in [1.29, 1.82) is 0 Å². The highest BCUT2D eigenvalue weighted by Crippen LogP contribution is 2.45. The van der Waals surface area contributed by atoms with Crippen LogP contribution in [0, 0.1) is 13.8 Å². The summed E-state index contributed by atoms with van der Waals surface area (Å²) < 4.78 is 10.7. The Morgan fingerprint density at radius 3 is 1.48 bits per heavy atom. The zero-order valence-corrected chi connectivity index (χ0v) is 17.8. The average Bonchev–Trinajstić information content (AvgIpc) is 2.91. The molecule has 3 rings (SSSR count). The third kappa shape index (κ3) is 4.69. The Hall–Kier alpha value is -2.62. The molecule has 2 aromatic carbocycles. The zero-order valence-electron chi connectivity index (χ0n) is 17.8. The molecular formula is C25H30O4. The van der Waals surface area contributed by atoms with Gasteiger partial charge in [-0.05, 0) is 61.1 Å². The van der Waals surface area contributed by atoms with E-state index in [2.05, 4.69) is 24.3 Å². The van der Waals surface area contributed by atoms with Gasteiger partial charge < -0.3 is 9.47 Å². The van der Waals surface area contributed by atoms with E-state index in [-0.39, 0.29) is 17.4 Å². The van der Waals surface area contributed by atoms with Crippen molar-refractivity contribution in [3.8, 4) is 11.5 Å². The molecule has 0 heterocycles. The molecule has 0 amide bonds. The lowest BCUT2D eigenvalue weighted by atomic mass is 9.68. The van der Waals surface area contributed by atoms with Crippen LogP contribution in [-0.4, -0.2) is 11.9 Å². The van der Waals surface area contributed by atoms with E-state index >= 15 is 0 Å². The Bertz CT molecular complexity index is 838. The van der Waals surface area contributed by atoms with Gasteiger partial charge in [0.2, 0.25) is 0 Å². The molecule has 29 heavy (non-hydrogen) atoms. The highest BCUT2D eigenvalue weighted by Gasteiger charge is 2.35. The van der Waals surface area contributed by atoms with Gasteiger partial charge in [0, 0.05) is 19.3 Å².